The molecule has 2 unspecified atom stereocenters. The predicted molar refractivity (Wildman–Crippen MR) is 68.3 cm³/mol. The van der Waals surface area contributed by atoms with Crippen LogP contribution in [0.4, 0.5) is 0 Å². The molecule has 0 aromatic rings. The molecule has 0 spiro atoms. The van der Waals surface area contributed by atoms with Gasteiger partial charge in [0.05, 0.1) is 0 Å². The van der Waals surface area contributed by atoms with E-state index in [1.807, 2.05) is 0 Å². The van der Waals surface area contributed by atoms with E-state index in [0.717, 1.165) is 0 Å². The topological polar surface area (TPSA) is 165 Å². The van der Waals surface area contributed by atoms with Gasteiger partial charge in [-0.25, -0.2) is 9.59 Å². The van der Waals surface area contributed by atoms with Gasteiger partial charge in [0.15, 0.2) is 11.5 Å². The molecule has 0 aromatic carbocycles. The molecule has 0 amide bonds. The molecule has 0 rings (SSSR count). The van der Waals surface area contributed by atoms with Crippen LogP contribution in [0.2, 0.25) is 0 Å². The van der Waals surface area contributed by atoms with Crippen molar-refractivity contribution in [2.45, 2.75) is 38.9 Å². The fourth-order valence-corrected chi connectivity index (χ4v) is 1.11. The van der Waals surface area contributed by atoms with Crippen LogP contribution >= 0.6 is 0 Å². The van der Waals surface area contributed by atoms with Gasteiger partial charge in [-0.3, -0.25) is 0 Å². The molecule has 0 bridgehead atoms. The summed E-state index contributed by atoms with van der Waals surface area (Å²) in [5, 5.41) is 55.4. The van der Waals surface area contributed by atoms with E-state index in [0.29, 0.717) is 0 Å². The van der Waals surface area contributed by atoms with Crippen molar-refractivity contribution in [1.82, 2.24) is 0 Å². The number of allylic oxidation sites excluding steroid dienone is 2. The largest absolute Gasteiger partial charge is 0.509 e. The maximum Gasteiger partial charge on any atom is 0.350 e. The van der Waals surface area contributed by atoms with Crippen LogP contribution in [0.15, 0.2) is 23.0 Å². The van der Waals surface area contributed by atoms with Gasteiger partial charge in [0, 0.05) is 12.8 Å². The monoisotopic (exact) mass is 306 g/mol. The standard InChI is InChI=1S/C12H18O9/c1-3-5(13)7(15)9(17)11(19)21-12(20)10(18)8(16)6(14)4-2/h9-10,13-18H,3-4H2,1-2H3/b7-5+,8-6+. The van der Waals surface area contributed by atoms with Crippen molar-refractivity contribution in [3.63, 3.8) is 0 Å². The summed E-state index contributed by atoms with van der Waals surface area (Å²) < 4.78 is 4.02. The SMILES string of the molecule is CC/C(O)=C(\O)C(O)C(=O)OC(=O)C(O)/C(O)=C(\O)CC. The number of rotatable bonds is 6. The van der Waals surface area contributed by atoms with Crippen LogP contribution < -0.4 is 0 Å². The molecule has 21 heavy (non-hydrogen) atoms. The zero-order chi connectivity index (χ0) is 16.7. The van der Waals surface area contributed by atoms with Gasteiger partial charge < -0.3 is 35.4 Å². The van der Waals surface area contributed by atoms with Gasteiger partial charge in [0.1, 0.15) is 11.5 Å². The Kier molecular flexibility index (Phi) is 7.25. The van der Waals surface area contributed by atoms with Crippen LogP contribution in [0.3, 0.4) is 0 Å². The summed E-state index contributed by atoms with van der Waals surface area (Å²) in [5.41, 5.74) is 0. The van der Waals surface area contributed by atoms with E-state index in [4.69, 9.17) is 10.2 Å². The molecule has 0 aliphatic carbocycles. The van der Waals surface area contributed by atoms with Crippen molar-refractivity contribution in [1.29, 1.82) is 0 Å². The Morgan fingerprint density at radius 3 is 1.33 bits per heavy atom. The predicted octanol–water partition coefficient (Wildman–Crippen LogP) is 0.253. The zero-order valence-corrected chi connectivity index (χ0v) is 11.5. The van der Waals surface area contributed by atoms with Gasteiger partial charge >= 0.3 is 11.9 Å². The first-order valence-electron chi connectivity index (χ1n) is 6.00. The van der Waals surface area contributed by atoms with Crippen molar-refractivity contribution in [2.24, 2.45) is 0 Å². The maximum atomic E-state index is 11.3. The first kappa shape index (κ1) is 18.7. The molecule has 2 atom stereocenters. The van der Waals surface area contributed by atoms with E-state index in [1.165, 1.54) is 13.8 Å². The third-order valence-electron chi connectivity index (χ3n) is 2.43. The van der Waals surface area contributed by atoms with Crippen LogP contribution in [-0.4, -0.2) is 54.8 Å². The molecule has 0 saturated carbocycles. The summed E-state index contributed by atoms with van der Waals surface area (Å²) in [7, 11) is 0. The number of ether oxygens (including phenoxy) is 1. The second kappa shape index (κ2) is 8.12. The van der Waals surface area contributed by atoms with Crippen molar-refractivity contribution < 1.29 is 45.0 Å². The Hall–Kier alpha value is -2.26. The second-order valence-corrected chi connectivity index (χ2v) is 3.92. The molecule has 0 aliphatic rings. The molecule has 0 aliphatic heterocycles. The number of aliphatic hydroxyl groups is 6. The van der Waals surface area contributed by atoms with Crippen molar-refractivity contribution in [3.05, 3.63) is 23.0 Å². The van der Waals surface area contributed by atoms with Gasteiger partial charge in [-0.05, 0) is 0 Å². The fraction of sp³-hybridized carbons (Fsp3) is 0.500. The van der Waals surface area contributed by atoms with E-state index < -0.39 is 47.2 Å². The highest BCUT2D eigenvalue weighted by Crippen LogP contribution is 2.11. The van der Waals surface area contributed by atoms with Crippen LogP contribution in [0.5, 0.6) is 0 Å². The number of esters is 2. The Balaban J connectivity index is 4.92. The summed E-state index contributed by atoms with van der Waals surface area (Å²) in [4.78, 5) is 22.6. The Morgan fingerprint density at radius 1 is 0.810 bits per heavy atom. The molecule has 9 heteroatoms. The van der Waals surface area contributed by atoms with E-state index in [9.17, 15) is 30.0 Å². The lowest BCUT2D eigenvalue weighted by atomic mass is 10.2. The first-order valence-corrected chi connectivity index (χ1v) is 6.00. The number of hydrogen-bond acceptors (Lipinski definition) is 9. The normalized spacial score (nSPS) is 16.4. The van der Waals surface area contributed by atoms with Crippen LogP contribution in [0.25, 0.3) is 0 Å². The third-order valence-corrected chi connectivity index (χ3v) is 2.43. The highest BCUT2D eigenvalue weighted by atomic mass is 16.6. The van der Waals surface area contributed by atoms with Crippen molar-refractivity contribution in [3.8, 4) is 0 Å². The van der Waals surface area contributed by atoms with Gasteiger partial charge in [0.25, 0.3) is 0 Å². The molecular weight excluding hydrogens is 288 g/mol. The van der Waals surface area contributed by atoms with Crippen molar-refractivity contribution in [2.75, 3.05) is 0 Å². The first-order chi connectivity index (χ1) is 9.67. The lowest BCUT2D eigenvalue weighted by molar-refractivity contribution is -0.170. The minimum Gasteiger partial charge on any atom is -0.509 e. The molecule has 0 heterocycles. The van der Waals surface area contributed by atoms with Crippen LogP contribution in [0.1, 0.15) is 26.7 Å². The Labute approximate surface area is 120 Å². The fourth-order valence-electron chi connectivity index (χ4n) is 1.11. The number of aliphatic hydroxyl groups excluding tert-OH is 6. The highest BCUT2D eigenvalue weighted by Gasteiger charge is 2.31. The van der Waals surface area contributed by atoms with Gasteiger partial charge in [0.2, 0.25) is 12.2 Å². The van der Waals surface area contributed by atoms with E-state index >= 15 is 0 Å². The molecule has 9 nitrogen and oxygen atoms in total. The smallest absolute Gasteiger partial charge is 0.350 e. The number of hydrogen-bond donors (Lipinski definition) is 6. The number of carbonyl (C=O) groups is 2. The quantitative estimate of drug-likeness (QED) is 0.229. The van der Waals surface area contributed by atoms with E-state index in [2.05, 4.69) is 4.74 Å². The molecule has 0 aromatic heterocycles. The molecule has 0 saturated heterocycles. The molecule has 0 radical (unpaired) electrons. The number of carbonyl (C=O) groups excluding carboxylic acids is 2. The molecule has 120 valence electrons. The highest BCUT2D eigenvalue weighted by molar-refractivity contribution is 5.92. The lowest BCUT2D eigenvalue weighted by Gasteiger charge is -2.13. The lowest BCUT2D eigenvalue weighted by Crippen LogP contribution is -2.34. The summed E-state index contributed by atoms with van der Waals surface area (Å²) in [6, 6.07) is 0. The summed E-state index contributed by atoms with van der Waals surface area (Å²) >= 11 is 0. The summed E-state index contributed by atoms with van der Waals surface area (Å²) in [6.45, 7) is 2.85. The van der Waals surface area contributed by atoms with Gasteiger partial charge in [-0.15, -0.1) is 0 Å². The minimum absolute atomic E-state index is 0.0827. The summed E-state index contributed by atoms with van der Waals surface area (Å²) in [6.07, 6.45) is -4.82. The van der Waals surface area contributed by atoms with Crippen molar-refractivity contribution >= 4 is 11.9 Å². The summed E-state index contributed by atoms with van der Waals surface area (Å²) in [5.74, 6) is -6.89. The average Bonchev–Trinajstić information content (AvgIpc) is 2.49. The maximum absolute atomic E-state index is 11.3. The Morgan fingerprint density at radius 2 is 1.10 bits per heavy atom. The van der Waals surface area contributed by atoms with Crippen LogP contribution in [0, 0.1) is 0 Å². The zero-order valence-electron chi connectivity index (χ0n) is 11.5. The van der Waals surface area contributed by atoms with E-state index in [-0.39, 0.29) is 12.8 Å². The molecule has 0 fully saturated rings. The van der Waals surface area contributed by atoms with E-state index in [1.54, 1.807) is 0 Å². The second-order valence-electron chi connectivity index (χ2n) is 3.92. The minimum atomic E-state index is -2.33. The van der Waals surface area contributed by atoms with Gasteiger partial charge in [-0.2, -0.15) is 0 Å². The van der Waals surface area contributed by atoms with Gasteiger partial charge in [-0.1, -0.05) is 13.8 Å². The Bertz CT molecular complexity index is 421. The average molecular weight is 306 g/mol. The van der Waals surface area contributed by atoms with Crippen LogP contribution in [-0.2, 0) is 14.3 Å². The molecule has 6 N–H and O–H groups in total. The molecular formula is C12H18O9. The third kappa shape index (κ3) is 4.97.